The molecule has 2 heterocycles. The van der Waals surface area contributed by atoms with Crippen LogP contribution in [0.15, 0.2) is 42.6 Å². The van der Waals surface area contributed by atoms with Gasteiger partial charge in [-0.15, -0.1) is 0 Å². The Morgan fingerprint density at radius 3 is 2.63 bits per heavy atom. The fraction of sp³-hybridized carbons (Fsp3) is 0.321. The second-order valence-electron chi connectivity index (χ2n) is 10.1. The topological polar surface area (TPSA) is 13.1 Å². The average molecular weight is 395 g/mol. The van der Waals surface area contributed by atoms with Crippen LogP contribution in [0.5, 0.6) is 11.5 Å². The summed E-state index contributed by atoms with van der Waals surface area (Å²) < 4.78 is 9.11. The minimum absolute atomic E-state index is 0.0766. The number of aryl methyl sites for hydroxylation is 4. The van der Waals surface area contributed by atoms with Crippen molar-refractivity contribution in [2.24, 2.45) is 7.05 Å². The standard InChI is InChI=1S/C28H28NO/c1-16-20-10-6-8-17-9-7-11-21(24(17)20)27-23(16)26-25-18(12-13-29(26)5)14-19(28(2,3)4)15-22(25)30-27/h6,8,10,12-15H,7,9,11H2,1-5H3/q+1. The SMILES string of the molecule is Cc1c2c(c3c4c(cccc14)CCC3)Oc1cc(C(C)(C)C)cc3cc[n+](C)c-2c13. The van der Waals surface area contributed by atoms with E-state index in [1.54, 1.807) is 0 Å². The molecule has 30 heavy (non-hydrogen) atoms. The molecule has 3 aromatic carbocycles. The van der Waals surface area contributed by atoms with Crippen LogP contribution in [0.4, 0.5) is 0 Å². The molecule has 0 spiro atoms. The molecule has 0 unspecified atom stereocenters. The maximum atomic E-state index is 6.83. The molecule has 0 N–H and O–H groups in total. The number of nitrogens with zero attached hydrogens (tertiary/aromatic N) is 1. The Morgan fingerprint density at radius 2 is 1.83 bits per heavy atom. The second kappa shape index (κ2) is 5.85. The Morgan fingerprint density at radius 1 is 1.00 bits per heavy atom. The van der Waals surface area contributed by atoms with E-state index in [1.165, 1.54) is 61.5 Å². The Labute approximate surface area is 178 Å². The van der Waals surface area contributed by atoms with Gasteiger partial charge in [-0.25, -0.2) is 4.57 Å². The van der Waals surface area contributed by atoms with Gasteiger partial charge in [-0.3, -0.25) is 0 Å². The molecule has 0 radical (unpaired) electrons. The van der Waals surface area contributed by atoms with Crippen LogP contribution in [0.1, 0.15) is 49.4 Å². The van der Waals surface area contributed by atoms with Crippen molar-refractivity contribution in [2.45, 2.75) is 52.4 Å². The zero-order chi connectivity index (χ0) is 20.8. The molecule has 4 aromatic rings. The minimum atomic E-state index is 0.0766. The number of fused-ring (bicyclic) bond motifs is 3. The van der Waals surface area contributed by atoms with Crippen LogP contribution >= 0.6 is 0 Å². The number of pyridine rings is 1. The van der Waals surface area contributed by atoms with Gasteiger partial charge in [-0.1, -0.05) is 39.0 Å². The molecule has 0 saturated carbocycles. The van der Waals surface area contributed by atoms with Crippen LogP contribution in [0.3, 0.4) is 0 Å². The highest BCUT2D eigenvalue weighted by Gasteiger charge is 2.34. The fourth-order valence-electron chi connectivity index (χ4n) is 5.53. The molecule has 0 fully saturated rings. The molecule has 2 heteroatoms. The van der Waals surface area contributed by atoms with Crippen LogP contribution in [-0.4, -0.2) is 0 Å². The van der Waals surface area contributed by atoms with Gasteiger partial charge in [0.15, 0.2) is 6.20 Å². The molecule has 2 nitrogen and oxygen atoms in total. The number of hydrogen-bond acceptors (Lipinski definition) is 1. The van der Waals surface area contributed by atoms with Crippen LogP contribution in [0.25, 0.3) is 32.8 Å². The Hall–Kier alpha value is -2.87. The lowest BCUT2D eigenvalue weighted by Crippen LogP contribution is -2.32. The third-order valence-corrected chi connectivity index (χ3v) is 7.12. The van der Waals surface area contributed by atoms with Gasteiger partial charge in [0, 0.05) is 11.6 Å². The van der Waals surface area contributed by atoms with Crippen molar-refractivity contribution >= 4 is 21.5 Å². The van der Waals surface area contributed by atoms with Gasteiger partial charge in [0.2, 0.25) is 5.69 Å². The van der Waals surface area contributed by atoms with E-state index in [1.807, 2.05) is 0 Å². The summed E-state index contributed by atoms with van der Waals surface area (Å²) in [4.78, 5) is 0. The lowest BCUT2D eigenvalue weighted by Gasteiger charge is -2.29. The zero-order valence-electron chi connectivity index (χ0n) is 18.5. The van der Waals surface area contributed by atoms with E-state index < -0.39 is 0 Å². The third kappa shape index (κ3) is 2.28. The average Bonchev–Trinajstić information content (AvgIpc) is 2.72. The Kier molecular flexibility index (Phi) is 3.50. The molecular formula is C28H28NO+. The molecule has 0 amide bonds. The lowest BCUT2D eigenvalue weighted by atomic mass is 9.81. The summed E-state index contributed by atoms with van der Waals surface area (Å²) in [5, 5.41) is 5.32. The predicted molar refractivity (Wildman–Crippen MR) is 124 cm³/mol. The highest BCUT2D eigenvalue weighted by atomic mass is 16.5. The predicted octanol–water partition coefficient (Wildman–Crippen LogP) is 6.68. The molecule has 2 aliphatic rings. The largest absolute Gasteiger partial charge is 0.455 e. The van der Waals surface area contributed by atoms with Crippen molar-refractivity contribution in [3.05, 3.63) is 64.8 Å². The van der Waals surface area contributed by atoms with Gasteiger partial charge >= 0.3 is 0 Å². The summed E-state index contributed by atoms with van der Waals surface area (Å²) in [5.74, 6) is 2.10. The molecule has 1 aliphatic carbocycles. The van der Waals surface area contributed by atoms with Crippen molar-refractivity contribution in [2.75, 3.05) is 0 Å². The highest BCUT2D eigenvalue weighted by molar-refractivity contribution is 6.07. The molecule has 0 saturated heterocycles. The van der Waals surface area contributed by atoms with Crippen molar-refractivity contribution in [3.8, 4) is 22.8 Å². The maximum absolute atomic E-state index is 6.83. The van der Waals surface area contributed by atoms with E-state index in [2.05, 4.69) is 81.9 Å². The van der Waals surface area contributed by atoms with E-state index in [9.17, 15) is 0 Å². The minimum Gasteiger partial charge on any atom is -0.455 e. The molecule has 1 aromatic heterocycles. The van der Waals surface area contributed by atoms with Gasteiger partial charge in [0.05, 0.1) is 10.9 Å². The summed E-state index contributed by atoms with van der Waals surface area (Å²) in [7, 11) is 2.16. The van der Waals surface area contributed by atoms with E-state index in [0.29, 0.717) is 0 Å². The Balaban J connectivity index is 1.80. The zero-order valence-corrected chi connectivity index (χ0v) is 18.5. The first-order chi connectivity index (χ1) is 14.3. The van der Waals surface area contributed by atoms with Crippen molar-refractivity contribution in [1.29, 1.82) is 0 Å². The number of aromatic nitrogens is 1. The first-order valence-electron chi connectivity index (χ1n) is 11.1. The highest BCUT2D eigenvalue weighted by Crippen LogP contribution is 2.52. The normalized spacial score (nSPS) is 14.7. The fourth-order valence-corrected chi connectivity index (χ4v) is 5.53. The van der Waals surface area contributed by atoms with Crippen LogP contribution in [0, 0.1) is 6.92 Å². The van der Waals surface area contributed by atoms with Crippen molar-refractivity contribution in [3.63, 3.8) is 0 Å². The van der Waals surface area contributed by atoms with E-state index in [0.717, 1.165) is 24.3 Å². The van der Waals surface area contributed by atoms with Gasteiger partial charge in [0.25, 0.3) is 0 Å². The second-order valence-corrected chi connectivity index (χ2v) is 10.1. The summed E-state index contributed by atoms with van der Waals surface area (Å²) in [6.07, 6.45) is 5.64. The third-order valence-electron chi connectivity index (χ3n) is 7.12. The van der Waals surface area contributed by atoms with Crippen LogP contribution in [0.2, 0.25) is 0 Å². The number of ether oxygens (including phenoxy) is 1. The van der Waals surface area contributed by atoms with Gasteiger partial charge in [0.1, 0.15) is 18.5 Å². The lowest BCUT2D eigenvalue weighted by molar-refractivity contribution is -0.659. The van der Waals surface area contributed by atoms with Crippen LogP contribution < -0.4 is 9.30 Å². The van der Waals surface area contributed by atoms with Gasteiger partial charge in [-0.05, 0) is 76.6 Å². The van der Waals surface area contributed by atoms with Gasteiger partial charge < -0.3 is 4.74 Å². The monoisotopic (exact) mass is 394 g/mol. The van der Waals surface area contributed by atoms with E-state index >= 15 is 0 Å². The quantitative estimate of drug-likeness (QED) is 0.267. The summed E-state index contributed by atoms with van der Waals surface area (Å²) >= 11 is 0. The smallest absolute Gasteiger partial charge is 0.228 e. The first kappa shape index (κ1) is 17.9. The van der Waals surface area contributed by atoms with Crippen molar-refractivity contribution in [1.82, 2.24) is 0 Å². The molecule has 150 valence electrons. The first-order valence-corrected chi connectivity index (χ1v) is 11.1. The van der Waals surface area contributed by atoms with Gasteiger partial charge in [-0.2, -0.15) is 0 Å². The number of rotatable bonds is 0. The van der Waals surface area contributed by atoms with Crippen LogP contribution in [-0.2, 0) is 25.3 Å². The molecular weight excluding hydrogens is 366 g/mol. The number of benzene rings is 3. The van der Waals surface area contributed by atoms with Crippen molar-refractivity contribution < 1.29 is 9.30 Å². The molecule has 0 bridgehead atoms. The maximum Gasteiger partial charge on any atom is 0.228 e. The van der Waals surface area contributed by atoms with E-state index in [4.69, 9.17) is 4.74 Å². The van der Waals surface area contributed by atoms with E-state index in [-0.39, 0.29) is 5.41 Å². The number of hydrogen-bond donors (Lipinski definition) is 0. The Bertz CT molecular complexity index is 1390. The summed E-state index contributed by atoms with van der Waals surface area (Å²) in [6.45, 7) is 9.09. The summed E-state index contributed by atoms with van der Waals surface area (Å²) in [6, 6.07) is 13.7. The molecule has 1 aliphatic heterocycles. The summed E-state index contributed by atoms with van der Waals surface area (Å²) in [5.41, 5.74) is 8.17. The molecule has 0 atom stereocenters. The molecule has 6 rings (SSSR count).